The summed E-state index contributed by atoms with van der Waals surface area (Å²) < 4.78 is 0. The first-order valence-electron chi connectivity index (χ1n) is 12.3. The summed E-state index contributed by atoms with van der Waals surface area (Å²) in [5, 5.41) is 17.8. The Morgan fingerprint density at radius 3 is 1.00 bits per heavy atom. The minimum absolute atomic E-state index is 0. The molecular formula is C24H52ClNO2. The molecule has 0 fully saturated rings. The van der Waals surface area contributed by atoms with E-state index in [0.717, 1.165) is 12.8 Å². The minimum atomic E-state index is -1.36. The zero-order chi connectivity index (χ0) is 20.0. The predicted octanol–water partition coefficient (Wildman–Crippen LogP) is 7.26. The lowest BCUT2D eigenvalue weighted by atomic mass is 10.0. The quantitative estimate of drug-likeness (QED) is 0.127. The third-order valence-corrected chi connectivity index (χ3v) is 5.77. The highest BCUT2D eigenvalue weighted by Crippen LogP contribution is 2.15. The SMILES string of the molecule is CCCCCCCCCCCCCCCCCCCCCCC(N)C(O)O.Cl. The van der Waals surface area contributed by atoms with E-state index in [1.807, 2.05) is 0 Å². The lowest BCUT2D eigenvalue weighted by molar-refractivity contribution is -0.0599. The summed E-state index contributed by atoms with van der Waals surface area (Å²) in [6.07, 6.45) is 26.9. The van der Waals surface area contributed by atoms with Crippen molar-refractivity contribution in [1.82, 2.24) is 0 Å². The fraction of sp³-hybridized carbons (Fsp3) is 1.00. The predicted molar refractivity (Wildman–Crippen MR) is 126 cm³/mol. The van der Waals surface area contributed by atoms with Crippen LogP contribution in [0.15, 0.2) is 0 Å². The highest BCUT2D eigenvalue weighted by atomic mass is 35.5. The summed E-state index contributed by atoms with van der Waals surface area (Å²) in [6, 6.07) is -0.472. The molecule has 1 atom stereocenters. The molecule has 0 amide bonds. The van der Waals surface area contributed by atoms with E-state index in [2.05, 4.69) is 6.92 Å². The third kappa shape index (κ3) is 24.2. The third-order valence-electron chi connectivity index (χ3n) is 5.77. The van der Waals surface area contributed by atoms with Gasteiger partial charge in [0.25, 0.3) is 0 Å². The zero-order valence-corrected chi connectivity index (χ0v) is 19.7. The van der Waals surface area contributed by atoms with Gasteiger partial charge in [-0.2, -0.15) is 0 Å². The number of hydrogen-bond acceptors (Lipinski definition) is 3. The van der Waals surface area contributed by atoms with Gasteiger partial charge in [-0.3, -0.25) is 0 Å². The molecule has 0 spiro atoms. The van der Waals surface area contributed by atoms with Crippen molar-refractivity contribution in [2.45, 2.75) is 154 Å². The van der Waals surface area contributed by atoms with Crippen LogP contribution >= 0.6 is 12.4 Å². The molecule has 172 valence electrons. The molecule has 0 bridgehead atoms. The van der Waals surface area contributed by atoms with Crippen molar-refractivity contribution in [2.75, 3.05) is 0 Å². The van der Waals surface area contributed by atoms with Crippen LogP contribution in [0.1, 0.15) is 142 Å². The Bertz CT molecular complexity index is 277. The molecule has 0 aliphatic rings. The fourth-order valence-corrected chi connectivity index (χ4v) is 3.78. The summed E-state index contributed by atoms with van der Waals surface area (Å²) in [5.41, 5.74) is 5.60. The number of halogens is 1. The first-order valence-corrected chi connectivity index (χ1v) is 12.3. The van der Waals surface area contributed by atoms with E-state index in [9.17, 15) is 0 Å². The van der Waals surface area contributed by atoms with Crippen molar-refractivity contribution >= 4 is 12.4 Å². The average molecular weight is 422 g/mol. The van der Waals surface area contributed by atoms with Gasteiger partial charge in [0.15, 0.2) is 6.29 Å². The number of aliphatic hydroxyl groups excluding tert-OH is 1. The van der Waals surface area contributed by atoms with E-state index >= 15 is 0 Å². The second-order valence-corrected chi connectivity index (χ2v) is 8.58. The molecule has 4 N–H and O–H groups in total. The molecule has 0 aliphatic heterocycles. The molecule has 0 saturated carbocycles. The summed E-state index contributed by atoms with van der Waals surface area (Å²) in [4.78, 5) is 0. The Morgan fingerprint density at radius 2 is 0.750 bits per heavy atom. The minimum Gasteiger partial charge on any atom is -0.367 e. The van der Waals surface area contributed by atoms with Crippen LogP contribution < -0.4 is 5.73 Å². The molecule has 0 saturated heterocycles. The van der Waals surface area contributed by atoms with Crippen LogP contribution in [0.5, 0.6) is 0 Å². The van der Waals surface area contributed by atoms with E-state index in [0.29, 0.717) is 0 Å². The molecule has 1 unspecified atom stereocenters. The van der Waals surface area contributed by atoms with E-state index in [1.54, 1.807) is 0 Å². The van der Waals surface area contributed by atoms with Crippen LogP contribution in [-0.2, 0) is 0 Å². The Labute approximate surface area is 182 Å². The second-order valence-electron chi connectivity index (χ2n) is 8.58. The number of rotatable bonds is 22. The number of nitrogens with two attached hydrogens (primary N) is 1. The van der Waals surface area contributed by atoms with E-state index in [-0.39, 0.29) is 12.4 Å². The van der Waals surface area contributed by atoms with E-state index in [4.69, 9.17) is 15.9 Å². The summed E-state index contributed by atoms with van der Waals surface area (Å²) in [7, 11) is 0. The molecular weight excluding hydrogens is 370 g/mol. The fourth-order valence-electron chi connectivity index (χ4n) is 3.78. The van der Waals surface area contributed by atoms with E-state index in [1.165, 1.54) is 122 Å². The number of hydrogen-bond donors (Lipinski definition) is 3. The van der Waals surface area contributed by atoms with Crippen molar-refractivity contribution in [3.63, 3.8) is 0 Å². The lowest BCUT2D eigenvalue weighted by Gasteiger charge is -2.12. The Hall–Kier alpha value is 0.170. The van der Waals surface area contributed by atoms with Gasteiger partial charge in [0, 0.05) is 0 Å². The highest BCUT2D eigenvalue weighted by Gasteiger charge is 2.09. The number of unbranched alkanes of at least 4 members (excludes halogenated alkanes) is 19. The molecule has 0 aromatic heterocycles. The Balaban J connectivity index is 0. The van der Waals surface area contributed by atoms with Gasteiger partial charge in [-0.1, -0.05) is 135 Å². The molecule has 3 nitrogen and oxygen atoms in total. The van der Waals surface area contributed by atoms with Crippen molar-refractivity contribution in [2.24, 2.45) is 5.73 Å². The van der Waals surface area contributed by atoms with Gasteiger partial charge in [-0.25, -0.2) is 0 Å². The smallest absolute Gasteiger partial charge is 0.166 e. The van der Waals surface area contributed by atoms with Crippen LogP contribution in [0.3, 0.4) is 0 Å². The van der Waals surface area contributed by atoms with Gasteiger partial charge >= 0.3 is 0 Å². The zero-order valence-electron chi connectivity index (χ0n) is 18.9. The highest BCUT2D eigenvalue weighted by molar-refractivity contribution is 5.85. The largest absolute Gasteiger partial charge is 0.367 e. The van der Waals surface area contributed by atoms with Crippen LogP contribution in [0, 0.1) is 0 Å². The van der Waals surface area contributed by atoms with Gasteiger partial charge in [-0.05, 0) is 6.42 Å². The molecule has 0 heterocycles. The molecule has 0 aromatic carbocycles. The average Bonchev–Trinajstić information content (AvgIpc) is 2.66. The summed E-state index contributed by atoms with van der Waals surface area (Å²) in [6.45, 7) is 2.29. The molecule has 0 rings (SSSR count). The summed E-state index contributed by atoms with van der Waals surface area (Å²) >= 11 is 0. The molecule has 0 aliphatic carbocycles. The first-order chi connectivity index (χ1) is 13.2. The second kappa shape index (κ2) is 25.2. The van der Waals surface area contributed by atoms with Crippen LogP contribution in [0.25, 0.3) is 0 Å². The van der Waals surface area contributed by atoms with E-state index < -0.39 is 12.3 Å². The van der Waals surface area contributed by atoms with Gasteiger partial charge in [0.1, 0.15) is 0 Å². The van der Waals surface area contributed by atoms with Crippen LogP contribution in [0.4, 0.5) is 0 Å². The molecule has 28 heavy (non-hydrogen) atoms. The number of aliphatic hydroxyl groups is 2. The normalized spacial score (nSPS) is 12.3. The Kier molecular flexibility index (Phi) is 27.3. The topological polar surface area (TPSA) is 66.5 Å². The van der Waals surface area contributed by atoms with Crippen molar-refractivity contribution in [3.8, 4) is 0 Å². The lowest BCUT2D eigenvalue weighted by Crippen LogP contribution is -2.34. The van der Waals surface area contributed by atoms with Gasteiger partial charge < -0.3 is 15.9 Å². The van der Waals surface area contributed by atoms with Crippen molar-refractivity contribution in [3.05, 3.63) is 0 Å². The van der Waals surface area contributed by atoms with Gasteiger partial charge in [-0.15, -0.1) is 12.4 Å². The molecule has 0 radical (unpaired) electrons. The van der Waals surface area contributed by atoms with Crippen molar-refractivity contribution < 1.29 is 10.2 Å². The Morgan fingerprint density at radius 1 is 0.500 bits per heavy atom. The standard InChI is InChI=1S/C24H51NO2.ClH/c1-2-3-4-5-6-7-8-9-10-11-12-13-14-15-16-17-18-19-20-21-22-23(25)24(26)27;/h23-24,26-27H,2-22,25H2,1H3;1H. The van der Waals surface area contributed by atoms with Crippen LogP contribution in [-0.4, -0.2) is 22.5 Å². The molecule has 4 heteroatoms. The van der Waals surface area contributed by atoms with Gasteiger partial charge in [0.05, 0.1) is 6.04 Å². The van der Waals surface area contributed by atoms with Crippen LogP contribution in [0.2, 0.25) is 0 Å². The first kappa shape index (κ1) is 30.4. The monoisotopic (exact) mass is 421 g/mol. The summed E-state index contributed by atoms with van der Waals surface area (Å²) in [5.74, 6) is 0. The maximum absolute atomic E-state index is 8.91. The van der Waals surface area contributed by atoms with Crippen molar-refractivity contribution in [1.29, 1.82) is 0 Å². The molecule has 0 aromatic rings. The maximum atomic E-state index is 8.91. The van der Waals surface area contributed by atoms with Gasteiger partial charge in [0.2, 0.25) is 0 Å². The maximum Gasteiger partial charge on any atom is 0.166 e.